The smallest absolute Gasteiger partial charge is 0.0781 e. The standard InChI is InChI=1S/C61H40N2/c1-3-21-41(22-4-1)62(58-40-19-33-50-46-28-10-9-27-45(46)49-31-14-18-38-56(49)63(60(50)58)42-23-5-2-6-24-42)57-39-20-37-55-59(57)51-32-13-17-36-54(51)61(55)52-34-15-11-29-47(52)43-25-7-8-26-44(43)48-30-12-16-35-53(48)61/h1-40H. The predicted molar refractivity (Wildman–Crippen MR) is 262 cm³/mol. The second-order valence-corrected chi connectivity index (χ2v) is 16.7. The van der Waals surface area contributed by atoms with Crippen molar-refractivity contribution in [3.8, 4) is 55.6 Å². The van der Waals surface area contributed by atoms with Crippen LogP contribution >= 0.6 is 0 Å². The van der Waals surface area contributed by atoms with Crippen LogP contribution in [0.1, 0.15) is 22.3 Å². The van der Waals surface area contributed by atoms with Gasteiger partial charge in [0.2, 0.25) is 0 Å². The normalized spacial score (nSPS) is 13.2. The first-order valence-corrected chi connectivity index (χ1v) is 21.9. The Bertz CT molecular complexity index is 3350. The molecule has 63 heavy (non-hydrogen) atoms. The van der Waals surface area contributed by atoms with E-state index < -0.39 is 5.41 Å². The summed E-state index contributed by atoms with van der Waals surface area (Å²) in [6.45, 7) is 0. The molecule has 0 N–H and O–H groups in total. The fourth-order valence-electron chi connectivity index (χ4n) is 11.2. The number of hydrogen-bond acceptors (Lipinski definition) is 2. The number of nitrogens with zero attached hydrogens (tertiary/aromatic N) is 2. The topological polar surface area (TPSA) is 6.48 Å². The van der Waals surface area contributed by atoms with Gasteiger partial charge in [0.15, 0.2) is 0 Å². The highest BCUT2D eigenvalue weighted by atomic mass is 15.2. The summed E-state index contributed by atoms with van der Waals surface area (Å²) in [5.41, 5.74) is 23.6. The first-order chi connectivity index (χ1) is 31.3. The summed E-state index contributed by atoms with van der Waals surface area (Å²) in [6, 6.07) is 89.9. The van der Waals surface area contributed by atoms with Crippen molar-refractivity contribution >= 4 is 34.1 Å². The van der Waals surface area contributed by atoms with Crippen LogP contribution in [0.2, 0.25) is 0 Å². The van der Waals surface area contributed by atoms with Gasteiger partial charge in [0.25, 0.3) is 0 Å². The van der Waals surface area contributed by atoms with Crippen LogP contribution in [0.4, 0.5) is 34.1 Å². The number of para-hydroxylation sites is 4. The molecule has 0 amide bonds. The minimum atomic E-state index is -0.599. The van der Waals surface area contributed by atoms with E-state index in [-0.39, 0.29) is 0 Å². The van der Waals surface area contributed by atoms with Gasteiger partial charge in [-0.3, -0.25) is 0 Å². The maximum atomic E-state index is 2.53. The fourth-order valence-corrected chi connectivity index (χ4v) is 11.2. The Kier molecular flexibility index (Phi) is 7.85. The molecule has 0 radical (unpaired) electrons. The lowest BCUT2D eigenvalue weighted by Gasteiger charge is -2.36. The largest absolute Gasteiger partial charge is 0.308 e. The minimum Gasteiger partial charge on any atom is -0.308 e. The zero-order valence-corrected chi connectivity index (χ0v) is 34.5. The van der Waals surface area contributed by atoms with Crippen LogP contribution in [0.15, 0.2) is 243 Å². The lowest BCUT2D eigenvalue weighted by atomic mass is 9.66. The summed E-state index contributed by atoms with van der Waals surface area (Å²) < 4.78 is 0. The molecule has 0 bridgehead atoms. The summed E-state index contributed by atoms with van der Waals surface area (Å²) in [4.78, 5) is 5.02. The van der Waals surface area contributed by atoms with Gasteiger partial charge in [-0.15, -0.1) is 0 Å². The van der Waals surface area contributed by atoms with Crippen molar-refractivity contribution in [2.75, 3.05) is 9.80 Å². The average Bonchev–Trinajstić information content (AvgIpc) is 3.52. The zero-order valence-electron chi connectivity index (χ0n) is 34.5. The van der Waals surface area contributed by atoms with Crippen LogP contribution in [-0.4, -0.2) is 0 Å². The molecule has 2 aliphatic carbocycles. The Hall–Kier alpha value is -8.20. The van der Waals surface area contributed by atoms with Gasteiger partial charge < -0.3 is 9.80 Å². The van der Waals surface area contributed by atoms with E-state index in [1.807, 2.05) is 0 Å². The highest BCUT2D eigenvalue weighted by molar-refractivity contribution is 6.09. The molecule has 10 aromatic carbocycles. The third-order valence-corrected chi connectivity index (χ3v) is 13.6. The summed E-state index contributed by atoms with van der Waals surface area (Å²) >= 11 is 0. The van der Waals surface area contributed by atoms with Crippen molar-refractivity contribution in [2.24, 2.45) is 0 Å². The highest BCUT2D eigenvalue weighted by Crippen LogP contribution is 2.64. The van der Waals surface area contributed by atoms with Gasteiger partial charge in [0.05, 0.1) is 28.2 Å². The van der Waals surface area contributed by atoms with Gasteiger partial charge in [-0.25, -0.2) is 0 Å². The Morgan fingerprint density at radius 3 is 1.33 bits per heavy atom. The van der Waals surface area contributed by atoms with Gasteiger partial charge in [-0.2, -0.15) is 0 Å². The Balaban J connectivity index is 1.16. The van der Waals surface area contributed by atoms with Crippen LogP contribution in [0, 0.1) is 0 Å². The Labute approximate surface area is 368 Å². The molecule has 0 saturated carbocycles. The van der Waals surface area contributed by atoms with Crippen molar-refractivity contribution < 1.29 is 0 Å². The molecule has 0 saturated heterocycles. The van der Waals surface area contributed by atoms with E-state index in [4.69, 9.17) is 0 Å². The summed E-state index contributed by atoms with van der Waals surface area (Å²) in [6.07, 6.45) is 0. The molecular weight excluding hydrogens is 761 g/mol. The first kappa shape index (κ1) is 35.5. The van der Waals surface area contributed by atoms with E-state index in [1.54, 1.807) is 0 Å². The molecule has 0 atom stereocenters. The molecule has 0 unspecified atom stereocenters. The maximum absolute atomic E-state index is 2.53. The van der Waals surface area contributed by atoms with Crippen molar-refractivity contribution in [3.05, 3.63) is 265 Å². The van der Waals surface area contributed by atoms with E-state index in [1.165, 1.54) is 77.9 Å². The van der Waals surface area contributed by atoms with Crippen LogP contribution < -0.4 is 9.80 Å². The van der Waals surface area contributed by atoms with Gasteiger partial charge >= 0.3 is 0 Å². The highest BCUT2D eigenvalue weighted by Gasteiger charge is 2.50. The Morgan fingerprint density at radius 2 is 0.698 bits per heavy atom. The Morgan fingerprint density at radius 1 is 0.286 bits per heavy atom. The third kappa shape index (κ3) is 5.01. The second kappa shape index (κ2) is 13.9. The lowest BCUT2D eigenvalue weighted by molar-refractivity contribution is 0.775. The lowest BCUT2D eigenvalue weighted by Crippen LogP contribution is -2.29. The average molecular weight is 801 g/mol. The van der Waals surface area contributed by atoms with Crippen LogP contribution in [-0.2, 0) is 5.41 Å². The maximum Gasteiger partial charge on any atom is 0.0781 e. The van der Waals surface area contributed by atoms with E-state index >= 15 is 0 Å². The van der Waals surface area contributed by atoms with Gasteiger partial charge in [-0.1, -0.05) is 200 Å². The first-order valence-electron chi connectivity index (χ1n) is 21.9. The SMILES string of the molecule is c1ccc(N(c2cccc3c2-c2ccccc2C32c3ccccc3-c3ccccc3-c3ccccc32)c2cccc3c2N(c2ccccc2)c2ccccc2-c2ccccc2-3)cc1. The molecule has 1 spiro atoms. The van der Waals surface area contributed by atoms with Crippen LogP contribution in [0.25, 0.3) is 55.6 Å². The summed E-state index contributed by atoms with van der Waals surface area (Å²) in [5.74, 6) is 0. The number of hydrogen-bond donors (Lipinski definition) is 0. The van der Waals surface area contributed by atoms with Gasteiger partial charge in [-0.05, 0) is 104 Å². The molecule has 10 aromatic rings. The molecule has 0 fully saturated rings. The predicted octanol–water partition coefficient (Wildman–Crippen LogP) is 16.3. The van der Waals surface area contributed by atoms with E-state index in [0.29, 0.717) is 0 Å². The number of benzene rings is 10. The monoisotopic (exact) mass is 800 g/mol. The zero-order chi connectivity index (χ0) is 41.5. The van der Waals surface area contributed by atoms with Gasteiger partial charge in [0.1, 0.15) is 0 Å². The number of anilines is 6. The minimum absolute atomic E-state index is 0.599. The number of fused-ring (bicyclic) bond motifs is 17. The van der Waals surface area contributed by atoms with E-state index in [9.17, 15) is 0 Å². The van der Waals surface area contributed by atoms with Gasteiger partial charge in [0, 0.05) is 28.1 Å². The van der Waals surface area contributed by atoms with Crippen LogP contribution in [0.3, 0.4) is 0 Å². The van der Waals surface area contributed by atoms with Crippen molar-refractivity contribution in [1.29, 1.82) is 0 Å². The molecule has 3 aliphatic rings. The molecule has 1 aliphatic heterocycles. The van der Waals surface area contributed by atoms with Crippen molar-refractivity contribution in [3.63, 3.8) is 0 Å². The van der Waals surface area contributed by atoms with Crippen molar-refractivity contribution in [2.45, 2.75) is 5.41 Å². The quantitative estimate of drug-likeness (QED) is 0.175. The summed E-state index contributed by atoms with van der Waals surface area (Å²) in [7, 11) is 0. The summed E-state index contributed by atoms with van der Waals surface area (Å²) in [5, 5.41) is 0. The van der Waals surface area contributed by atoms with E-state index in [2.05, 4.69) is 252 Å². The van der Waals surface area contributed by atoms with E-state index in [0.717, 1.165) is 34.1 Å². The third-order valence-electron chi connectivity index (χ3n) is 13.6. The number of rotatable bonds is 4. The molecule has 294 valence electrons. The molecule has 2 nitrogen and oxygen atoms in total. The fraction of sp³-hybridized carbons (Fsp3) is 0.0164. The molecule has 1 heterocycles. The molecular formula is C61H40N2. The molecule has 0 aromatic heterocycles. The molecule has 13 rings (SSSR count). The van der Waals surface area contributed by atoms with Crippen LogP contribution in [0.5, 0.6) is 0 Å². The molecule has 2 heteroatoms. The second-order valence-electron chi connectivity index (χ2n) is 16.7. The van der Waals surface area contributed by atoms with Crippen molar-refractivity contribution in [1.82, 2.24) is 0 Å².